The molecule has 0 radical (unpaired) electrons. The fraction of sp³-hybridized carbons (Fsp3) is 0.750. The molecule has 6 heteroatoms. The van der Waals surface area contributed by atoms with E-state index in [4.69, 9.17) is 24.7 Å². The van der Waals surface area contributed by atoms with Crippen LogP contribution in [0.1, 0.15) is 76.7 Å². The predicted octanol–water partition coefficient (Wildman–Crippen LogP) is 4.19. The number of aliphatic hydroxyl groups is 3. The predicted molar refractivity (Wildman–Crippen MR) is 118 cm³/mol. The number of hydrogen-bond acceptors (Lipinski definition) is 6. The van der Waals surface area contributed by atoms with Crippen molar-refractivity contribution >= 4 is 0 Å². The number of rotatable bonds is 20. The Hall–Kier alpha value is -1.18. The van der Waals surface area contributed by atoms with Gasteiger partial charge in [0.15, 0.2) is 5.75 Å². The minimum absolute atomic E-state index is 0.00177. The van der Waals surface area contributed by atoms with Crippen molar-refractivity contribution in [2.45, 2.75) is 89.8 Å². The molecule has 0 aromatic heterocycles. The maximum atomic E-state index is 9.71. The van der Waals surface area contributed by atoms with E-state index in [1.54, 1.807) is 0 Å². The molecular weight excluding hydrogens is 384 g/mol. The minimum atomic E-state index is -0.937. The first kappa shape index (κ1) is 26.9. The third-order valence-electron chi connectivity index (χ3n) is 4.99. The van der Waals surface area contributed by atoms with Crippen molar-refractivity contribution in [2.24, 2.45) is 0 Å². The van der Waals surface area contributed by atoms with Crippen molar-refractivity contribution in [1.82, 2.24) is 0 Å². The van der Waals surface area contributed by atoms with Crippen LogP contribution in [0.2, 0.25) is 0 Å². The second-order valence-corrected chi connectivity index (χ2v) is 7.97. The van der Waals surface area contributed by atoms with E-state index in [-0.39, 0.29) is 26.4 Å². The van der Waals surface area contributed by atoms with E-state index >= 15 is 0 Å². The molecule has 0 bridgehead atoms. The molecule has 3 N–H and O–H groups in total. The Labute approximate surface area is 182 Å². The molecule has 0 heterocycles. The number of benzene rings is 1. The third kappa shape index (κ3) is 14.7. The topological polar surface area (TPSA) is 88.4 Å². The molecule has 1 aromatic carbocycles. The smallest absolute Gasteiger partial charge is 0.165 e. The SMILES string of the molecule is CCCCCCCCCCCCc1ccc(OOCC(O)COCC(O)CO)cc1. The summed E-state index contributed by atoms with van der Waals surface area (Å²) in [5, 5.41) is 27.5. The van der Waals surface area contributed by atoms with Crippen LogP contribution >= 0.6 is 0 Å². The normalized spacial score (nSPS) is 13.3. The maximum absolute atomic E-state index is 9.71. The van der Waals surface area contributed by atoms with Gasteiger partial charge in [-0.1, -0.05) is 76.8 Å². The summed E-state index contributed by atoms with van der Waals surface area (Å²) in [5.41, 5.74) is 1.29. The zero-order valence-electron chi connectivity index (χ0n) is 18.6. The molecule has 2 unspecified atom stereocenters. The van der Waals surface area contributed by atoms with Crippen molar-refractivity contribution in [3.8, 4) is 5.75 Å². The quantitative estimate of drug-likeness (QED) is 0.165. The Morgan fingerprint density at radius 1 is 0.733 bits per heavy atom. The molecule has 1 aromatic rings. The number of aliphatic hydroxyl groups excluding tert-OH is 3. The van der Waals surface area contributed by atoms with Gasteiger partial charge in [-0.05, 0) is 30.5 Å². The molecule has 0 aliphatic heterocycles. The largest absolute Gasteiger partial charge is 0.394 e. The summed E-state index contributed by atoms with van der Waals surface area (Å²) < 4.78 is 5.06. The monoisotopic (exact) mass is 426 g/mol. The Bertz CT molecular complexity index is 493. The van der Waals surface area contributed by atoms with E-state index in [2.05, 4.69) is 6.92 Å². The fourth-order valence-electron chi connectivity index (χ4n) is 3.15. The lowest BCUT2D eigenvalue weighted by molar-refractivity contribution is -0.227. The van der Waals surface area contributed by atoms with Gasteiger partial charge in [-0.2, -0.15) is 4.89 Å². The van der Waals surface area contributed by atoms with Gasteiger partial charge >= 0.3 is 0 Å². The van der Waals surface area contributed by atoms with Crippen LogP contribution in [0, 0.1) is 0 Å². The van der Waals surface area contributed by atoms with Crippen LogP contribution < -0.4 is 4.89 Å². The van der Waals surface area contributed by atoms with E-state index in [9.17, 15) is 5.11 Å². The molecule has 0 aliphatic carbocycles. The van der Waals surface area contributed by atoms with Gasteiger partial charge < -0.3 is 24.9 Å². The third-order valence-corrected chi connectivity index (χ3v) is 4.99. The number of unbranched alkanes of at least 4 members (excludes halogenated alkanes) is 9. The average molecular weight is 427 g/mol. The zero-order valence-corrected chi connectivity index (χ0v) is 18.6. The standard InChI is InChI=1S/C24H42O6/c1-2-3-4-5-6-7-8-9-10-11-12-21-13-15-24(16-14-21)30-29-20-23(27)19-28-18-22(26)17-25/h13-16,22-23,25-27H,2-12,17-20H2,1H3. The highest BCUT2D eigenvalue weighted by Crippen LogP contribution is 2.16. The lowest BCUT2D eigenvalue weighted by Crippen LogP contribution is -2.26. The van der Waals surface area contributed by atoms with Gasteiger partial charge in [-0.3, -0.25) is 0 Å². The van der Waals surface area contributed by atoms with Crippen LogP contribution in [0.25, 0.3) is 0 Å². The molecular formula is C24H42O6. The second kappa shape index (κ2) is 18.6. The summed E-state index contributed by atoms with van der Waals surface area (Å²) in [6.45, 7) is 1.81. The molecule has 174 valence electrons. The second-order valence-electron chi connectivity index (χ2n) is 7.97. The molecule has 0 aliphatic rings. The van der Waals surface area contributed by atoms with E-state index < -0.39 is 12.2 Å². The summed E-state index contributed by atoms with van der Waals surface area (Å²) in [6, 6.07) is 7.82. The van der Waals surface area contributed by atoms with Crippen molar-refractivity contribution in [3.63, 3.8) is 0 Å². The van der Waals surface area contributed by atoms with Gasteiger partial charge in [0, 0.05) is 0 Å². The molecule has 6 nitrogen and oxygen atoms in total. The van der Waals surface area contributed by atoms with Crippen LogP contribution in [0.5, 0.6) is 5.75 Å². The van der Waals surface area contributed by atoms with Crippen LogP contribution in [0.4, 0.5) is 0 Å². The molecule has 0 spiro atoms. The van der Waals surface area contributed by atoms with Crippen molar-refractivity contribution in [2.75, 3.05) is 26.4 Å². The Kier molecular flexibility index (Phi) is 16.6. The number of hydrogen-bond donors (Lipinski definition) is 3. The van der Waals surface area contributed by atoms with E-state index in [1.807, 2.05) is 24.3 Å². The highest BCUT2D eigenvalue weighted by molar-refractivity contribution is 5.26. The molecule has 0 fully saturated rings. The fourth-order valence-corrected chi connectivity index (χ4v) is 3.15. The number of ether oxygens (including phenoxy) is 1. The van der Waals surface area contributed by atoms with Crippen LogP contribution in [0.3, 0.4) is 0 Å². The van der Waals surface area contributed by atoms with E-state index in [0.717, 1.165) is 6.42 Å². The molecule has 0 saturated heterocycles. The maximum Gasteiger partial charge on any atom is 0.165 e. The highest BCUT2D eigenvalue weighted by atomic mass is 17.2. The minimum Gasteiger partial charge on any atom is -0.394 e. The lowest BCUT2D eigenvalue weighted by atomic mass is 10.0. The van der Waals surface area contributed by atoms with Gasteiger partial charge in [-0.15, -0.1) is 0 Å². The Morgan fingerprint density at radius 2 is 1.30 bits per heavy atom. The van der Waals surface area contributed by atoms with Crippen LogP contribution in [-0.4, -0.2) is 54.0 Å². The number of aryl methyl sites for hydroxylation is 1. The van der Waals surface area contributed by atoms with E-state index in [0.29, 0.717) is 5.75 Å². The summed E-state index contributed by atoms with van der Waals surface area (Å²) in [7, 11) is 0. The lowest BCUT2D eigenvalue weighted by Gasteiger charge is -2.13. The van der Waals surface area contributed by atoms with Crippen molar-refractivity contribution < 1.29 is 29.8 Å². The molecule has 0 saturated carbocycles. The molecule has 1 rings (SSSR count). The molecule has 0 amide bonds. The first-order valence-corrected chi connectivity index (χ1v) is 11.6. The van der Waals surface area contributed by atoms with Gasteiger partial charge in [0.25, 0.3) is 0 Å². The first-order valence-electron chi connectivity index (χ1n) is 11.6. The molecule has 2 atom stereocenters. The van der Waals surface area contributed by atoms with Gasteiger partial charge in [0.05, 0.1) is 19.8 Å². The Morgan fingerprint density at radius 3 is 1.90 bits per heavy atom. The Balaban J connectivity index is 2.02. The highest BCUT2D eigenvalue weighted by Gasteiger charge is 2.08. The van der Waals surface area contributed by atoms with Crippen LogP contribution in [0.15, 0.2) is 24.3 Å². The summed E-state index contributed by atoms with van der Waals surface area (Å²) >= 11 is 0. The van der Waals surface area contributed by atoms with E-state index in [1.165, 1.54) is 69.8 Å². The van der Waals surface area contributed by atoms with Gasteiger partial charge in [0.1, 0.15) is 18.8 Å². The summed E-state index contributed by atoms with van der Waals surface area (Å²) in [5.74, 6) is 0.589. The summed E-state index contributed by atoms with van der Waals surface area (Å²) in [4.78, 5) is 10.2. The molecule has 30 heavy (non-hydrogen) atoms. The van der Waals surface area contributed by atoms with Crippen molar-refractivity contribution in [3.05, 3.63) is 29.8 Å². The van der Waals surface area contributed by atoms with Crippen LogP contribution in [-0.2, 0) is 16.0 Å². The van der Waals surface area contributed by atoms with Gasteiger partial charge in [0.2, 0.25) is 0 Å². The van der Waals surface area contributed by atoms with Gasteiger partial charge in [-0.25, -0.2) is 0 Å². The average Bonchev–Trinajstić information content (AvgIpc) is 2.76. The van der Waals surface area contributed by atoms with Crippen molar-refractivity contribution in [1.29, 1.82) is 0 Å². The first-order chi connectivity index (χ1) is 14.7. The summed E-state index contributed by atoms with van der Waals surface area (Å²) in [6.07, 6.45) is 12.7. The zero-order chi connectivity index (χ0) is 21.9.